The van der Waals surface area contributed by atoms with Gasteiger partial charge in [0, 0.05) is 27.5 Å². The molecule has 4 heteroatoms. The van der Waals surface area contributed by atoms with Gasteiger partial charge in [-0.15, -0.1) is 0 Å². The van der Waals surface area contributed by atoms with Crippen molar-refractivity contribution in [3.05, 3.63) is 193 Å². The maximum atomic E-state index is 6.51. The summed E-state index contributed by atoms with van der Waals surface area (Å²) in [5.74, 6) is 1.44. The van der Waals surface area contributed by atoms with Gasteiger partial charge in [0.25, 0.3) is 0 Å². The van der Waals surface area contributed by atoms with E-state index in [4.69, 9.17) is 14.4 Å². The van der Waals surface area contributed by atoms with E-state index in [-0.39, 0.29) is 0 Å². The van der Waals surface area contributed by atoms with Crippen molar-refractivity contribution in [2.45, 2.75) is 6.17 Å². The molecule has 1 aliphatic heterocycles. The molecule has 0 saturated heterocycles. The number of fused-ring (bicyclic) bond motifs is 9. The molecule has 10 aromatic rings. The Morgan fingerprint density at radius 2 is 1.09 bits per heavy atom. The molecular weight excluding hydrogens is 647 g/mol. The molecule has 53 heavy (non-hydrogen) atoms. The van der Waals surface area contributed by atoms with E-state index in [0.717, 1.165) is 61.0 Å². The number of nitrogens with zero attached hydrogens (tertiary/aromatic N) is 2. The number of rotatable bonds is 4. The molecule has 0 fully saturated rings. The molecule has 1 N–H and O–H groups in total. The van der Waals surface area contributed by atoms with Gasteiger partial charge in [0.15, 0.2) is 5.84 Å². The topological polar surface area (TPSA) is 49.9 Å². The van der Waals surface area contributed by atoms with Crippen molar-refractivity contribution < 1.29 is 4.42 Å². The lowest BCUT2D eigenvalue weighted by molar-refractivity contribution is 0.668. The van der Waals surface area contributed by atoms with Gasteiger partial charge in [-0.2, -0.15) is 0 Å². The van der Waals surface area contributed by atoms with Crippen molar-refractivity contribution in [2.75, 3.05) is 0 Å². The Balaban J connectivity index is 1.22. The first-order valence-electron chi connectivity index (χ1n) is 18.0. The standard InChI is InChI=1S/C49H31N3O/c1-2-13-32(14-3-1)47-50-48(42-29-33-15-5-7-17-36(33)38-18-8-9-19-39(38)42)52-49(51-47)46-37(26-27-44-45(46)40-20-10-11-21-43(40)53-44)34-25-24-31-23-22-30-12-4-6-16-35(30)41(31)28-34/h1-29,48H,(H,50,51,52). The normalized spacial score (nSPS) is 14.6. The Morgan fingerprint density at radius 3 is 1.92 bits per heavy atom. The van der Waals surface area contributed by atoms with E-state index in [0.29, 0.717) is 5.84 Å². The van der Waals surface area contributed by atoms with Crippen LogP contribution in [0.25, 0.3) is 76.2 Å². The summed E-state index contributed by atoms with van der Waals surface area (Å²) in [4.78, 5) is 11.0. The van der Waals surface area contributed by atoms with Crippen LogP contribution in [-0.2, 0) is 0 Å². The number of hydrogen-bond acceptors (Lipinski definition) is 4. The summed E-state index contributed by atoms with van der Waals surface area (Å²) < 4.78 is 6.51. The number of aliphatic imine (C=N–C) groups is 2. The zero-order valence-electron chi connectivity index (χ0n) is 28.6. The minimum Gasteiger partial charge on any atom is -0.456 e. The second-order valence-electron chi connectivity index (χ2n) is 13.7. The van der Waals surface area contributed by atoms with E-state index < -0.39 is 6.17 Å². The molecule has 9 aromatic carbocycles. The summed E-state index contributed by atoms with van der Waals surface area (Å²) >= 11 is 0. The summed E-state index contributed by atoms with van der Waals surface area (Å²) in [5, 5.41) is 15.4. The summed E-state index contributed by atoms with van der Waals surface area (Å²) in [7, 11) is 0. The molecular formula is C49H31N3O. The summed E-state index contributed by atoms with van der Waals surface area (Å²) in [6.45, 7) is 0. The van der Waals surface area contributed by atoms with Gasteiger partial charge in [0.2, 0.25) is 0 Å². The van der Waals surface area contributed by atoms with Gasteiger partial charge in [-0.25, -0.2) is 9.98 Å². The lowest BCUT2D eigenvalue weighted by atomic mass is 9.91. The molecule has 1 atom stereocenters. The first kappa shape index (κ1) is 29.7. The van der Waals surface area contributed by atoms with E-state index in [1.165, 1.54) is 37.7 Å². The highest BCUT2D eigenvalue weighted by Gasteiger charge is 2.27. The van der Waals surface area contributed by atoms with Crippen molar-refractivity contribution in [1.29, 1.82) is 0 Å². The van der Waals surface area contributed by atoms with Crippen LogP contribution in [0, 0.1) is 0 Å². The van der Waals surface area contributed by atoms with Crippen LogP contribution in [0.15, 0.2) is 190 Å². The smallest absolute Gasteiger partial charge is 0.160 e. The van der Waals surface area contributed by atoms with E-state index in [1.54, 1.807) is 0 Å². The highest BCUT2D eigenvalue weighted by atomic mass is 16.3. The fourth-order valence-corrected chi connectivity index (χ4v) is 8.23. The largest absolute Gasteiger partial charge is 0.456 e. The van der Waals surface area contributed by atoms with Crippen molar-refractivity contribution in [3.8, 4) is 11.1 Å². The van der Waals surface area contributed by atoms with Crippen LogP contribution in [0.1, 0.15) is 22.9 Å². The highest BCUT2D eigenvalue weighted by Crippen LogP contribution is 2.41. The summed E-state index contributed by atoms with van der Waals surface area (Å²) in [5.41, 5.74) is 6.85. The molecule has 1 unspecified atom stereocenters. The highest BCUT2D eigenvalue weighted by molar-refractivity contribution is 6.25. The minimum atomic E-state index is -0.408. The molecule has 248 valence electrons. The molecule has 0 aliphatic carbocycles. The Morgan fingerprint density at radius 1 is 0.453 bits per heavy atom. The number of nitrogens with one attached hydrogen (secondary N) is 1. The van der Waals surface area contributed by atoms with Gasteiger partial charge in [0.1, 0.15) is 23.2 Å². The second-order valence-corrected chi connectivity index (χ2v) is 13.7. The maximum absolute atomic E-state index is 6.51. The average molecular weight is 678 g/mol. The summed E-state index contributed by atoms with van der Waals surface area (Å²) in [6, 6.07) is 62.2. The molecule has 0 spiro atoms. The second kappa shape index (κ2) is 11.8. The lowest BCUT2D eigenvalue weighted by Gasteiger charge is -2.26. The van der Waals surface area contributed by atoms with Gasteiger partial charge < -0.3 is 9.73 Å². The number of para-hydroxylation sites is 1. The predicted molar refractivity (Wildman–Crippen MR) is 221 cm³/mol. The first-order valence-corrected chi connectivity index (χ1v) is 18.0. The van der Waals surface area contributed by atoms with Crippen LogP contribution in [-0.4, -0.2) is 11.7 Å². The van der Waals surface area contributed by atoms with Gasteiger partial charge in [-0.3, -0.25) is 0 Å². The molecule has 0 saturated carbocycles. The fourth-order valence-electron chi connectivity index (χ4n) is 8.23. The van der Waals surface area contributed by atoms with Crippen LogP contribution in [0.5, 0.6) is 0 Å². The Bertz CT molecular complexity index is 3150. The SMILES string of the molecule is c1ccc(C2=NC(c3c(-c4ccc5ccc6ccccc6c5c4)ccc4oc5ccccc5c34)=NC(c3cc4ccccc4c4ccccc34)N2)cc1. The molecule has 11 rings (SSSR count). The molecule has 2 heterocycles. The van der Waals surface area contributed by atoms with Crippen molar-refractivity contribution in [2.24, 2.45) is 9.98 Å². The van der Waals surface area contributed by atoms with Crippen LogP contribution >= 0.6 is 0 Å². The zero-order valence-corrected chi connectivity index (χ0v) is 28.6. The van der Waals surface area contributed by atoms with Gasteiger partial charge in [0.05, 0.1) is 0 Å². The number of furan rings is 1. The maximum Gasteiger partial charge on any atom is 0.160 e. The van der Waals surface area contributed by atoms with E-state index in [1.807, 2.05) is 18.2 Å². The van der Waals surface area contributed by atoms with Crippen LogP contribution < -0.4 is 5.32 Å². The van der Waals surface area contributed by atoms with Crippen LogP contribution in [0.4, 0.5) is 0 Å². The van der Waals surface area contributed by atoms with E-state index >= 15 is 0 Å². The molecule has 0 amide bonds. The Hall–Kier alpha value is -7.04. The fraction of sp³-hybridized carbons (Fsp3) is 0.0204. The Kier molecular flexibility index (Phi) is 6.58. The monoisotopic (exact) mass is 677 g/mol. The molecule has 4 nitrogen and oxygen atoms in total. The molecule has 1 aromatic heterocycles. The zero-order chi connectivity index (χ0) is 34.9. The van der Waals surface area contributed by atoms with Crippen LogP contribution in [0.2, 0.25) is 0 Å². The van der Waals surface area contributed by atoms with Crippen molar-refractivity contribution >= 4 is 76.7 Å². The average Bonchev–Trinajstić information content (AvgIpc) is 3.62. The number of amidine groups is 2. The van der Waals surface area contributed by atoms with Crippen molar-refractivity contribution in [3.63, 3.8) is 0 Å². The molecule has 0 bridgehead atoms. The number of hydrogen-bond donors (Lipinski definition) is 1. The van der Waals surface area contributed by atoms with Gasteiger partial charge >= 0.3 is 0 Å². The van der Waals surface area contributed by atoms with Gasteiger partial charge in [-0.05, 0) is 84.5 Å². The molecule has 1 aliphatic rings. The Labute approximate surface area is 305 Å². The van der Waals surface area contributed by atoms with E-state index in [2.05, 4.69) is 163 Å². The van der Waals surface area contributed by atoms with Crippen molar-refractivity contribution in [1.82, 2.24) is 5.32 Å². The minimum absolute atomic E-state index is 0.408. The number of benzene rings is 9. The third-order valence-corrected chi connectivity index (χ3v) is 10.7. The molecule has 0 radical (unpaired) electrons. The summed E-state index contributed by atoms with van der Waals surface area (Å²) in [6.07, 6.45) is -0.408. The first-order chi connectivity index (χ1) is 26.3. The van der Waals surface area contributed by atoms with Crippen LogP contribution in [0.3, 0.4) is 0 Å². The van der Waals surface area contributed by atoms with E-state index in [9.17, 15) is 0 Å². The van der Waals surface area contributed by atoms with Gasteiger partial charge in [-0.1, -0.05) is 146 Å². The predicted octanol–water partition coefficient (Wildman–Crippen LogP) is 12.4. The third kappa shape index (κ3) is 4.77. The quantitative estimate of drug-likeness (QED) is 0.189. The third-order valence-electron chi connectivity index (χ3n) is 10.7. The lowest BCUT2D eigenvalue weighted by Crippen LogP contribution is -2.33.